The van der Waals surface area contributed by atoms with Crippen LogP contribution in [-0.2, 0) is 11.3 Å². The second-order valence-electron chi connectivity index (χ2n) is 9.21. The molecule has 4 aliphatic carbocycles. The molecule has 4 fully saturated rings. The Morgan fingerprint density at radius 2 is 1.90 bits per heavy atom. The quantitative estimate of drug-likeness (QED) is 0.629. The zero-order valence-corrected chi connectivity index (χ0v) is 17.8. The number of rotatable bonds is 5. The van der Waals surface area contributed by atoms with Crippen LogP contribution in [0.4, 0.5) is 5.69 Å². The Hall–Kier alpha value is -2.08. The van der Waals surface area contributed by atoms with E-state index in [1.54, 1.807) is 12.1 Å². The van der Waals surface area contributed by atoms with Crippen molar-refractivity contribution in [2.45, 2.75) is 49.4 Å². The molecule has 0 radical (unpaired) electrons. The van der Waals surface area contributed by atoms with Crippen LogP contribution in [0.15, 0.2) is 47.1 Å². The largest absolute Gasteiger partial charge is 0.459 e. The number of anilines is 1. The number of halogens is 1. The number of alkyl halides is 1. The summed E-state index contributed by atoms with van der Waals surface area (Å²) in [6.45, 7) is 0.468. The molecule has 1 aromatic heterocycles. The lowest BCUT2D eigenvalue weighted by atomic mass is 9.49. The Morgan fingerprint density at radius 3 is 2.59 bits per heavy atom. The predicted molar refractivity (Wildman–Crippen MR) is 114 cm³/mol. The minimum Gasteiger partial charge on any atom is -0.459 e. The van der Waals surface area contributed by atoms with Crippen LogP contribution < -0.4 is 10.6 Å². The van der Waals surface area contributed by atoms with Gasteiger partial charge >= 0.3 is 0 Å². The molecule has 6 rings (SSSR count). The third-order valence-corrected chi connectivity index (χ3v) is 7.78. The van der Waals surface area contributed by atoms with E-state index in [1.165, 1.54) is 25.5 Å². The summed E-state index contributed by atoms with van der Waals surface area (Å²) < 4.78 is 5.30. The molecule has 29 heavy (non-hydrogen) atoms. The third kappa shape index (κ3) is 3.63. The van der Waals surface area contributed by atoms with E-state index in [0.717, 1.165) is 24.8 Å². The van der Waals surface area contributed by atoms with Gasteiger partial charge in [0.2, 0.25) is 5.91 Å². The minimum absolute atomic E-state index is 0.171. The zero-order valence-electron chi connectivity index (χ0n) is 16.2. The second kappa shape index (κ2) is 7.01. The number of hydrogen-bond acceptors (Lipinski definition) is 3. The molecule has 5 nitrogen and oxygen atoms in total. The number of carbonyl (C=O) groups is 2. The fraction of sp³-hybridized carbons (Fsp3) is 0.478. The molecule has 2 aromatic rings. The van der Waals surface area contributed by atoms with Gasteiger partial charge in [0.05, 0.1) is 11.7 Å². The van der Waals surface area contributed by atoms with Gasteiger partial charge in [0.25, 0.3) is 5.91 Å². The third-order valence-electron chi connectivity index (χ3n) is 6.85. The van der Waals surface area contributed by atoms with Crippen molar-refractivity contribution in [3.05, 3.63) is 54.0 Å². The number of carbonyl (C=O) groups excluding carboxylic acids is 2. The van der Waals surface area contributed by atoms with Crippen molar-refractivity contribution in [3.63, 3.8) is 0 Å². The van der Waals surface area contributed by atoms with E-state index in [9.17, 15) is 9.59 Å². The lowest BCUT2D eigenvalue weighted by molar-refractivity contribution is -0.144. The van der Waals surface area contributed by atoms with Crippen molar-refractivity contribution in [1.82, 2.24) is 5.32 Å². The Bertz CT molecular complexity index is 925. The van der Waals surface area contributed by atoms with Gasteiger partial charge < -0.3 is 15.1 Å². The van der Waals surface area contributed by atoms with Crippen LogP contribution in [0.2, 0.25) is 0 Å². The standard InChI is InChI=1S/C23H25BrN2O3/c24-23-11-16-7-17(12-23)10-22(9-16,14-23)21(28)25-13-15-3-1-4-18(8-15)26-20(27)19-5-2-6-29-19/h1-6,8,16-17H,7,9-14H2,(H,25,28)(H,26,27). The molecule has 0 aliphatic heterocycles. The summed E-state index contributed by atoms with van der Waals surface area (Å²) in [5.41, 5.74) is 1.44. The van der Waals surface area contributed by atoms with Crippen LogP contribution in [0.5, 0.6) is 0 Å². The normalized spacial score (nSPS) is 32.2. The highest BCUT2D eigenvalue weighted by molar-refractivity contribution is 9.10. The fourth-order valence-corrected chi connectivity index (χ4v) is 7.60. The van der Waals surface area contributed by atoms with Crippen molar-refractivity contribution in [1.29, 1.82) is 0 Å². The Morgan fingerprint density at radius 1 is 1.10 bits per heavy atom. The molecule has 4 bridgehead atoms. The average Bonchev–Trinajstić information content (AvgIpc) is 3.19. The lowest BCUT2D eigenvalue weighted by Crippen LogP contribution is -2.58. The molecule has 2 amide bonds. The molecule has 4 saturated carbocycles. The predicted octanol–water partition coefficient (Wildman–Crippen LogP) is 4.88. The highest BCUT2D eigenvalue weighted by atomic mass is 79.9. The highest BCUT2D eigenvalue weighted by Gasteiger charge is 2.59. The van der Waals surface area contributed by atoms with Crippen LogP contribution in [0.3, 0.4) is 0 Å². The zero-order chi connectivity index (χ0) is 20.1. The van der Waals surface area contributed by atoms with Crippen LogP contribution in [0.25, 0.3) is 0 Å². The first kappa shape index (κ1) is 18.9. The first-order chi connectivity index (χ1) is 13.9. The van der Waals surface area contributed by atoms with Gasteiger partial charge in [-0.2, -0.15) is 0 Å². The molecule has 0 spiro atoms. The van der Waals surface area contributed by atoms with E-state index in [4.69, 9.17) is 4.42 Å². The maximum absolute atomic E-state index is 13.2. The topological polar surface area (TPSA) is 71.3 Å². The first-order valence-corrected chi connectivity index (χ1v) is 11.1. The second-order valence-corrected chi connectivity index (χ2v) is 10.9. The molecule has 4 aliphatic rings. The Kier molecular flexibility index (Phi) is 4.57. The van der Waals surface area contributed by atoms with E-state index in [-0.39, 0.29) is 27.3 Å². The maximum Gasteiger partial charge on any atom is 0.291 e. The summed E-state index contributed by atoms with van der Waals surface area (Å²) in [6, 6.07) is 10.9. The van der Waals surface area contributed by atoms with Gasteiger partial charge in [0.15, 0.2) is 5.76 Å². The molecular weight excluding hydrogens is 432 g/mol. The van der Waals surface area contributed by atoms with Crippen molar-refractivity contribution in [2.75, 3.05) is 5.32 Å². The number of furan rings is 1. The molecule has 1 aromatic carbocycles. The molecule has 6 heteroatoms. The van der Waals surface area contributed by atoms with Crippen molar-refractivity contribution >= 4 is 33.4 Å². The molecule has 2 atom stereocenters. The van der Waals surface area contributed by atoms with Crippen molar-refractivity contribution in [3.8, 4) is 0 Å². The van der Waals surface area contributed by atoms with E-state index < -0.39 is 0 Å². The van der Waals surface area contributed by atoms with Crippen LogP contribution >= 0.6 is 15.9 Å². The van der Waals surface area contributed by atoms with Crippen molar-refractivity contribution < 1.29 is 14.0 Å². The molecule has 0 saturated heterocycles. The molecular formula is C23H25BrN2O3. The summed E-state index contributed by atoms with van der Waals surface area (Å²) in [6.07, 6.45) is 8.22. The van der Waals surface area contributed by atoms with Gasteiger partial charge in [-0.25, -0.2) is 0 Å². The van der Waals surface area contributed by atoms with E-state index in [0.29, 0.717) is 24.1 Å². The smallest absolute Gasteiger partial charge is 0.291 e. The molecule has 2 N–H and O–H groups in total. The van der Waals surface area contributed by atoms with E-state index >= 15 is 0 Å². The van der Waals surface area contributed by atoms with Gasteiger partial charge in [0.1, 0.15) is 0 Å². The number of nitrogens with one attached hydrogen (secondary N) is 2. The summed E-state index contributed by atoms with van der Waals surface area (Å²) in [5.74, 6) is 1.55. The molecule has 2 unspecified atom stereocenters. The van der Waals surface area contributed by atoms with E-state index in [1.807, 2.05) is 24.3 Å². The highest BCUT2D eigenvalue weighted by Crippen LogP contribution is 2.64. The van der Waals surface area contributed by atoms with Gasteiger partial charge in [-0.3, -0.25) is 9.59 Å². The number of hydrogen-bond donors (Lipinski definition) is 2. The van der Waals surface area contributed by atoms with Gasteiger partial charge in [-0.15, -0.1) is 0 Å². The monoisotopic (exact) mass is 456 g/mol. The Balaban J connectivity index is 1.24. The van der Waals surface area contributed by atoms with Gasteiger partial charge in [-0.05, 0) is 80.2 Å². The van der Waals surface area contributed by atoms with Crippen LogP contribution in [0.1, 0.15) is 54.6 Å². The minimum atomic E-state index is -0.285. The molecule has 152 valence electrons. The summed E-state index contributed by atoms with van der Waals surface area (Å²) in [4.78, 5) is 25.4. The van der Waals surface area contributed by atoms with E-state index in [2.05, 4.69) is 26.6 Å². The van der Waals surface area contributed by atoms with Crippen molar-refractivity contribution in [2.24, 2.45) is 17.3 Å². The van der Waals surface area contributed by atoms with Gasteiger partial charge in [-0.1, -0.05) is 28.1 Å². The summed E-state index contributed by atoms with van der Waals surface area (Å²) in [5, 5.41) is 6.02. The SMILES string of the molecule is O=C(Nc1cccc(CNC(=O)C23CC4CC(CC(Br)(C4)C2)C3)c1)c1ccco1. The maximum atomic E-state index is 13.2. The number of benzene rings is 1. The Labute approximate surface area is 178 Å². The van der Waals surface area contributed by atoms with Gasteiger partial charge in [0, 0.05) is 16.6 Å². The first-order valence-electron chi connectivity index (χ1n) is 10.3. The molecule has 1 heterocycles. The van der Waals surface area contributed by atoms with Crippen LogP contribution in [-0.4, -0.2) is 16.1 Å². The van der Waals surface area contributed by atoms with Crippen LogP contribution in [0, 0.1) is 17.3 Å². The lowest BCUT2D eigenvalue weighted by Gasteiger charge is -2.59. The number of amides is 2. The summed E-state index contributed by atoms with van der Waals surface area (Å²) >= 11 is 3.98. The average molecular weight is 457 g/mol. The summed E-state index contributed by atoms with van der Waals surface area (Å²) in [7, 11) is 0. The fourth-order valence-electron chi connectivity index (χ4n) is 6.15.